The molecule has 0 saturated carbocycles. The normalized spacial score (nSPS) is 10.4. The summed E-state index contributed by atoms with van der Waals surface area (Å²) in [4.78, 5) is 23.2. The van der Waals surface area contributed by atoms with E-state index in [1.165, 1.54) is 0 Å². The molecule has 21 heavy (non-hydrogen) atoms. The van der Waals surface area contributed by atoms with Gasteiger partial charge in [-0.05, 0) is 13.8 Å². The molecule has 9 heteroatoms. The number of hydrogen-bond acceptors (Lipinski definition) is 8. The van der Waals surface area contributed by atoms with Crippen molar-refractivity contribution >= 4 is 28.8 Å². The number of aryl methyl sites for hydroxylation is 2. The molecule has 0 aliphatic rings. The van der Waals surface area contributed by atoms with Crippen molar-refractivity contribution in [2.75, 3.05) is 24.2 Å². The first-order chi connectivity index (χ1) is 10.0. The van der Waals surface area contributed by atoms with Crippen molar-refractivity contribution in [3.05, 3.63) is 31.9 Å². The molecule has 0 radical (unpaired) electrons. The monoisotopic (exact) mass is 308 g/mol. The molecule has 0 saturated heterocycles. The molecule has 2 aromatic heterocycles. The average molecular weight is 308 g/mol. The van der Waals surface area contributed by atoms with Crippen LogP contribution in [0.15, 0.2) is 5.38 Å². The summed E-state index contributed by atoms with van der Waals surface area (Å²) in [7, 11) is 1.67. The van der Waals surface area contributed by atoms with Crippen molar-refractivity contribution in [1.29, 1.82) is 0 Å². The highest BCUT2D eigenvalue weighted by Crippen LogP contribution is 2.26. The van der Waals surface area contributed by atoms with Crippen LogP contribution in [-0.2, 0) is 6.42 Å². The van der Waals surface area contributed by atoms with Gasteiger partial charge in [-0.25, -0.2) is 9.97 Å². The molecule has 2 aromatic rings. The van der Waals surface area contributed by atoms with Crippen molar-refractivity contribution in [2.45, 2.75) is 20.3 Å². The highest BCUT2D eigenvalue weighted by molar-refractivity contribution is 7.09. The molecule has 0 unspecified atom stereocenters. The van der Waals surface area contributed by atoms with Crippen LogP contribution in [0.3, 0.4) is 0 Å². The molecule has 0 aliphatic heterocycles. The summed E-state index contributed by atoms with van der Waals surface area (Å²) in [5, 5.41) is 19.9. The summed E-state index contributed by atoms with van der Waals surface area (Å²) in [6, 6.07) is 0. The van der Waals surface area contributed by atoms with Crippen LogP contribution in [-0.4, -0.2) is 33.5 Å². The van der Waals surface area contributed by atoms with Crippen LogP contribution in [0.25, 0.3) is 0 Å². The predicted molar refractivity (Wildman–Crippen MR) is 82.0 cm³/mol. The average Bonchev–Trinajstić information content (AvgIpc) is 2.83. The predicted octanol–water partition coefficient (Wildman–Crippen LogP) is 2.15. The number of hydrogen-bond donors (Lipinski definition) is 2. The third kappa shape index (κ3) is 3.63. The smallest absolute Gasteiger partial charge is 0.332 e. The first kappa shape index (κ1) is 15.1. The molecular formula is C12H16N6O2S. The van der Waals surface area contributed by atoms with Gasteiger partial charge < -0.3 is 10.6 Å². The van der Waals surface area contributed by atoms with E-state index in [1.807, 2.05) is 12.3 Å². The maximum atomic E-state index is 11.1. The molecule has 2 heterocycles. The first-order valence-corrected chi connectivity index (χ1v) is 7.25. The summed E-state index contributed by atoms with van der Waals surface area (Å²) < 4.78 is 0. The van der Waals surface area contributed by atoms with Crippen molar-refractivity contribution in [1.82, 2.24) is 15.0 Å². The van der Waals surface area contributed by atoms with Crippen LogP contribution in [0.5, 0.6) is 0 Å². The number of nitrogens with one attached hydrogen (secondary N) is 2. The lowest BCUT2D eigenvalue weighted by Crippen LogP contribution is -2.12. The van der Waals surface area contributed by atoms with Gasteiger partial charge in [-0.15, -0.1) is 11.3 Å². The minimum absolute atomic E-state index is 0.0940. The molecule has 0 aliphatic carbocycles. The molecule has 8 nitrogen and oxygen atoms in total. The van der Waals surface area contributed by atoms with Crippen molar-refractivity contribution in [3.63, 3.8) is 0 Å². The lowest BCUT2D eigenvalue weighted by Gasteiger charge is -2.08. The molecule has 0 fully saturated rings. The van der Waals surface area contributed by atoms with Crippen LogP contribution in [0.1, 0.15) is 16.4 Å². The summed E-state index contributed by atoms with van der Waals surface area (Å²) in [6.07, 6.45) is 0.680. The van der Waals surface area contributed by atoms with Crippen molar-refractivity contribution in [2.24, 2.45) is 0 Å². The number of nitrogens with zero attached hydrogens (tertiary/aromatic N) is 4. The minimum Gasteiger partial charge on any atom is -0.364 e. The Morgan fingerprint density at radius 3 is 2.67 bits per heavy atom. The SMILES string of the molecule is CNc1nc(C)c([N+](=O)[O-])c(NCCc2csc(C)n2)n1. The fraction of sp³-hybridized carbons (Fsp3) is 0.417. The van der Waals surface area contributed by atoms with E-state index in [1.54, 1.807) is 25.3 Å². The maximum absolute atomic E-state index is 11.1. The van der Waals surface area contributed by atoms with Gasteiger partial charge in [0.1, 0.15) is 5.69 Å². The van der Waals surface area contributed by atoms with E-state index in [2.05, 4.69) is 25.6 Å². The Hall–Kier alpha value is -2.29. The van der Waals surface area contributed by atoms with Crippen LogP contribution in [0.4, 0.5) is 17.5 Å². The molecular weight excluding hydrogens is 292 g/mol. The second-order valence-corrected chi connectivity index (χ2v) is 5.43. The number of aromatic nitrogens is 3. The highest BCUT2D eigenvalue weighted by Gasteiger charge is 2.21. The van der Waals surface area contributed by atoms with Gasteiger partial charge in [-0.2, -0.15) is 4.98 Å². The Kier molecular flexibility index (Phi) is 4.63. The van der Waals surface area contributed by atoms with Crippen LogP contribution in [0.2, 0.25) is 0 Å². The van der Waals surface area contributed by atoms with E-state index < -0.39 is 4.92 Å². The Morgan fingerprint density at radius 2 is 2.10 bits per heavy atom. The highest BCUT2D eigenvalue weighted by atomic mass is 32.1. The van der Waals surface area contributed by atoms with Crippen molar-refractivity contribution in [3.8, 4) is 0 Å². The Morgan fingerprint density at radius 1 is 1.33 bits per heavy atom. The summed E-state index contributed by atoms with van der Waals surface area (Å²) in [5.74, 6) is 0.578. The lowest BCUT2D eigenvalue weighted by atomic mass is 10.3. The van der Waals surface area contributed by atoms with Gasteiger partial charge >= 0.3 is 5.69 Å². The molecule has 0 atom stereocenters. The van der Waals surface area contributed by atoms with Crippen LogP contribution < -0.4 is 10.6 Å². The van der Waals surface area contributed by atoms with Gasteiger partial charge in [-0.3, -0.25) is 10.1 Å². The number of thiazole rings is 1. The number of anilines is 2. The minimum atomic E-state index is -0.468. The summed E-state index contributed by atoms with van der Waals surface area (Å²) in [5.41, 5.74) is 1.20. The fourth-order valence-corrected chi connectivity index (χ4v) is 2.50. The van der Waals surface area contributed by atoms with Crippen molar-refractivity contribution < 1.29 is 4.92 Å². The van der Waals surface area contributed by atoms with Gasteiger partial charge in [-0.1, -0.05) is 0 Å². The maximum Gasteiger partial charge on any atom is 0.332 e. The van der Waals surface area contributed by atoms with E-state index in [9.17, 15) is 10.1 Å². The quantitative estimate of drug-likeness (QED) is 0.622. The molecule has 112 valence electrons. The molecule has 0 aromatic carbocycles. The molecule has 0 spiro atoms. The van der Waals surface area contributed by atoms with Gasteiger partial charge in [0, 0.05) is 25.4 Å². The Labute approximate surface area is 125 Å². The largest absolute Gasteiger partial charge is 0.364 e. The van der Waals surface area contributed by atoms with Gasteiger partial charge in [0.2, 0.25) is 11.8 Å². The zero-order valence-electron chi connectivity index (χ0n) is 12.0. The number of nitro groups is 1. The topological polar surface area (TPSA) is 106 Å². The fourth-order valence-electron chi connectivity index (χ4n) is 1.85. The molecule has 0 amide bonds. The van der Waals surface area contributed by atoms with E-state index in [0.717, 1.165) is 10.7 Å². The van der Waals surface area contributed by atoms with E-state index in [-0.39, 0.29) is 11.5 Å². The zero-order chi connectivity index (χ0) is 15.4. The Balaban J connectivity index is 2.14. The van der Waals surface area contributed by atoms with E-state index >= 15 is 0 Å². The Bertz CT molecular complexity index is 657. The molecule has 2 rings (SSSR count). The summed E-state index contributed by atoms with van der Waals surface area (Å²) in [6.45, 7) is 4.05. The van der Waals surface area contributed by atoms with Gasteiger partial charge in [0.15, 0.2) is 0 Å². The van der Waals surface area contributed by atoms with Gasteiger partial charge in [0.05, 0.1) is 15.6 Å². The second-order valence-electron chi connectivity index (χ2n) is 4.37. The molecule has 0 bridgehead atoms. The standard InChI is InChI=1S/C12H16N6O2S/c1-7-10(18(19)20)11(17-12(13-3)15-7)14-5-4-9-6-21-8(2)16-9/h6H,4-5H2,1-3H3,(H2,13,14,15,17). The summed E-state index contributed by atoms with van der Waals surface area (Å²) >= 11 is 1.58. The van der Waals surface area contributed by atoms with Crippen LogP contribution >= 0.6 is 11.3 Å². The lowest BCUT2D eigenvalue weighted by molar-refractivity contribution is -0.385. The first-order valence-electron chi connectivity index (χ1n) is 6.37. The van der Waals surface area contributed by atoms with Crippen LogP contribution in [0, 0.1) is 24.0 Å². The zero-order valence-corrected chi connectivity index (χ0v) is 12.8. The molecule has 2 N–H and O–H groups in total. The second kappa shape index (κ2) is 6.44. The third-order valence-corrected chi connectivity index (χ3v) is 3.63. The third-order valence-electron chi connectivity index (χ3n) is 2.80. The van der Waals surface area contributed by atoms with Gasteiger partial charge in [0.25, 0.3) is 0 Å². The van der Waals surface area contributed by atoms with E-state index in [4.69, 9.17) is 0 Å². The number of rotatable bonds is 6. The van der Waals surface area contributed by atoms with E-state index in [0.29, 0.717) is 24.6 Å².